The van der Waals surface area contributed by atoms with Crippen molar-refractivity contribution in [3.05, 3.63) is 60.7 Å². The quantitative estimate of drug-likeness (QED) is 0.322. The van der Waals surface area contributed by atoms with E-state index in [0.717, 1.165) is 12.5 Å². The molecule has 3 atom stereocenters. The summed E-state index contributed by atoms with van der Waals surface area (Å²) in [4.78, 5) is 5.07. The summed E-state index contributed by atoms with van der Waals surface area (Å²) < 4.78 is 6.19. The Labute approximate surface area is 213 Å². The molecule has 0 saturated heterocycles. The number of nitrogens with zero attached hydrogens (tertiary/aromatic N) is 1. The Morgan fingerprint density at radius 3 is 1.73 bits per heavy atom. The van der Waals surface area contributed by atoms with Gasteiger partial charge in [0.05, 0.1) is 6.04 Å². The van der Waals surface area contributed by atoms with Gasteiger partial charge in [0.15, 0.2) is 5.90 Å². The van der Waals surface area contributed by atoms with Gasteiger partial charge in [0.2, 0.25) is 0 Å². The third-order valence-corrected chi connectivity index (χ3v) is 10.1. The average Bonchev–Trinajstić information content (AvgIpc) is 3.58. The first-order chi connectivity index (χ1) is 15.5. The Morgan fingerprint density at radius 2 is 1.27 bits per heavy atom. The molecule has 0 spiro atoms. The molecule has 3 aliphatic rings. The Morgan fingerprint density at radius 1 is 0.758 bits per heavy atom. The fourth-order valence-corrected chi connectivity index (χ4v) is 8.30. The van der Waals surface area contributed by atoms with Gasteiger partial charge in [0.1, 0.15) is 6.61 Å². The smallest absolute Gasteiger partial charge is 0.187 e. The second-order valence-electron chi connectivity index (χ2n) is 10.6. The van der Waals surface area contributed by atoms with Gasteiger partial charge in [-0.1, -0.05) is 120 Å². The van der Waals surface area contributed by atoms with E-state index < -0.39 is 7.92 Å². The second kappa shape index (κ2) is 12.5. The summed E-state index contributed by atoms with van der Waals surface area (Å²) in [7, 11) is -0.411. The van der Waals surface area contributed by atoms with Crippen molar-refractivity contribution in [3.8, 4) is 0 Å². The summed E-state index contributed by atoms with van der Waals surface area (Å²) in [6.45, 7) is 7.54. The zero-order valence-corrected chi connectivity index (χ0v) is 22.5. The molecule has 0 bridgehead atoms. The zero-order chi connectivity index (χ0) is 22.4. The molecule has 0 aromatic heterocycles. The molecule has 2 aliphatic carbocycles. The number of aliphatic imine (C=N–C) groups is 1. The van der Waals surface area contributed by atoms with E-state index in [1.807, 2.05) is 0 Å². The fraction of sp³-hybridized carbons (Fsp3) is 0.552. The SMILES string of the molecule is C1CCCC1.CC(C)(C)[C@@H]1COC(C2CCCC2P(c2ccccc2)c2ccccc2)=N1.[Fe]. The van der Waals surface area contributed by atoms with Crippen LogP contribution in [0, 0.1) is 11.3 Å². The molecule has 0 N–H and O–H groups in total. The minimum atomic E-state index is -0.411. The van der Waals surface area contributed by atoms with Gasteiger partial charge in [-0.3, -0.25) is 0 Å². The van der Waals surface area contributed by atoms with Gasteiger partial charge in [-0.2, -0.15) is 0 Å². The van der Waals surface area contributed by atoms with Crippen LogP contribution in [0.4, 0.5) is 0 Å². The van der Waals surface area contributed by atoms with Crippen molar-refractivity contribution < 1.29 is 21.8 Å². The third-order valence-electron chi connectivity index (χ3n) is 7.12. The van der Waals surface area contributed by atoms with E-state index in [0.29, 0.717) is 11.6 Å². The summed E-state index contributed by atoms with van der Waals surface area (Å²) >= 11 is 0. The van der Waals surface area contributed by atoms with Crippen LogP contribution in [0.2, 0.25) is 0 Å². The van der Waals surface area contributed by atoms with Gasteiger partial charge in [0.25, 0.3) is 0 Å². The van der Waals surface area contributed by atoms with E-state index >= 15 is 0 Å². The molecular formula is C29H40FeNOP. The van der Waals surface area contributed by atoms with Crippen molar-refractivity contribution in [2.24, 2.45) is 16.3 Å². The molecule has 2 unspecified atom stereocenters. The monoisotopic (exact) mass is 505 g/mol. The topological polar surface area (TPSA) is 21.6 Å². The Kier molecular flexibility index (Phi) is 10.0. The summed E-state index contributed by atoms with van der Waals surface area (Å²) in [6, 6.07) is 22.5. The standard InChI is InChI=1S/C24H30NOP.C5H10.Fe/c1-24(2,3)22-17-26-23(25-22)20-15-10-16-21(20)27(18-11-6-4-7-12-18)19-13-8-5-9-14-19;1-2-4-5-3-1;/h4-9,11-14,20-22H,10,15-17H2,1-3H3;1-5H2;/t20?,21?,22-;;/m0../s1. The molecule has 2 aromatic rings. The second-order valence-corrected chi connectivity index (χ2v) is 13.0. The van der Waals surface area contributed by atoms with Gasteiger partial charge >= 0.3 is 0 Å². The molecule has 1 aliphatic heterocycles. The van der Waals surface area contributed by atoms with Crippen molar-refractivity contribution in [2.75, 3.05) is 6.61 Å². The minimum absolute atomic E-state index is 0. The van der Waals surface area contributed by atoms with Crippen LogP contribution in [0.3, 0.4) is 0 Å². The van der Waals surface area contributed by atoms with Gasteiger partial charge in [-0.05, 0) is 42.4 Å². The summed E-state index contributed by atoms with van der Waals surface area (Å²) in [5.74, 6) is 1.50. The van der Waals surface area contributed by atoms with E-state index in [1.165, 1.54) is 62.0 Å². The number of rotatable bonds is 4. The normalized spacial score (nSPS) is 24.5. The van der Waals surface area contributed by atoms with Gasteiger partial charge in [0, 0.05) is 23.0 Å². The van der Waals surface area contributed by atoms with Crippen molar-refractivity contribution in [1.82, 2.24) is 0 Å². The van der Waals surface area contributed by atoms with Gasteiger partial charge in [-0.15, -0.1) is 0 Å². The zero-order valence-electron chi connectivity index (χ0n) is 20.5. The molecule has 180 valence electrons. The Hall–Kier alpha value is -1.14. The van der Waals surface area contributed by atoms with Crippen LogP contribution in [0.25, 0.3) is 0 Å². The molecule has 2 aromatic carbocycles. The van der Waals surface area contributed by atoms with Crippen LogP contribution in [0.15, 0.2) is 65.7 Å². The third kappa shape index (κ3) is 6.94. The van der Waals surface area contributed by atoms with Crippen LogP contribution in [-0.2, 0) is 21.8 Å². The molecular weight excluding hydrogens is 465 g/mol. The predicted octanol–water partition coefficient (Wildman–Crippen LogP) is 7.08. The van der Waals surface area contributed by atoms with Crippen molar-refractivity contribution in [3.63, 3.8) is 0 Å². The first-order valence-electron chi connectivity index (χ1n) is 12.6. The number of ether oxygens (including phenoxy) is 1. The molecule has 33 heavy (non-hydrogen) atoms. The molecule has 0 amide bonds. The van der Waals surface area contributed by atoms with Crippen LogP contribution in [0.5, 0.6) is 0 Å². The molecule has 2 nitrogen and oxygen atoms in total. The number of hydrogen-bond acceptors (Lipinski definition) is 2. The molecule has 2 fully saturated rings. The van der Waals surface area contributed by atoms with Crippen LogP contribution in [-0.4, -0.2) is 24.2 Å². The van der Waals surface area contributed by atoms with E-state index in [9.17, 15) is 0 Å². The fourth-order valence-electron chi connectivity index (χ4n) is 5.17. The number of hydrogen-bond donors (Lipinski definition) is 0. The predicted molar refractivity (Wildman–Crippen MR) is 140 cm³/mol. The summed E-state index contributed by atoms with van der Waals surface area (Å²) in [5.41, 5.74) is 0.779. The largest absolute Gasteiger partial charge is 0.478 e. The molecule has 1 heterocycles. The van der Waals surface area contributed by atoms with Crippen LogP contribution in [0.1, 0.15) is 72.1 Å². The van der Waals surface area contributed by atoms with E-state index in [1.54, 1.807) is 0 Å². The van der Waals surface area contributed by atoms with Crippen molar-refractivity contribution in [2.45, 2.75) is 83.8 Å². The molecule has 2 saturated carbocycles. The molecule has 4 heteroatoms. The van der Waals surface area contributed by atoms with Crippen molar-refractivity contribution in [1.29, 1.82) is 0 Å². The van der Waals surface area contributed by atoms with E-state index in [4.69, 9.17) is 9.73 Å². The van der Waals surface area contributed by atoms with E-state index in [2.05, 4.69) is 81.4 Å². The first kappa shape index (κ1) is 26.5. The van der Waals surface area contributed by atoms with Crippen LogP contribution < -0.4 is 10.6 Å². The average molecular weight is 505 g/mol. The minimum Gasteiger partial charge on any atom is -0.478 e. The Bertz CT molecular complexity index is 813. The van der Waals surface area contributed by atoms with Gasteiger partial charge < -0.3 is 4.74 Å². The van der Waals surface area contributed by atoms with Gasteiger partial charge in [-0.25, -0.2) is 4.99 Å². The number of benzene rings is 2. The first-order valence-corrected chi connectivity index (χ1v) is 14.0. The maximum Gasteiger partial charge on any atom is 0.187 e. The maximum atomic E-state index is 6.19. The maximum absolute atomic E-state index is 6.19. The van der Waals surface area contributed by atoms with Crippen LogP contribution >= 0.6 is 7.92 Å². The van der Waals surface area contributed by atoms with Crippen molar-refractivity contribution >= 4 is 24.4 Å². The Balaban J connectivity index is 0.000000453. The van der Waals surface area contributed by atoms with E-state index in [-0.39, 0.29) is 28.5 Å². The molecule has 0 radical (unpaired) electrons. The summed E-state index contributed by atoms with van der Waals surface area (Å²) in [6.07, 6.45) is 11.2. The molecule has 5 rings (SSSR count). The summed E-state index contributed by atoms with van der Waals surface area (Å²) in [5, 5.41) is 2.95.